The lowest BCUT2D eigenvalue weighted by Crippen LogP contribution is -2.18. The Morgan fingerprint density at radius 3 is 2.55 bits per heavy atom. The van der Waals surface area contributed by atoms with Crippen molar-refractivity contribution < 1.29 is 28.3 Å². The first-order chi connectivity index (χ1) is 15.0. The van der Waals surface area contributed by atoms with E-state index in [2.05, 4.69) is 5.32 Å². The van der Waals surface area contributed by atoms with Crippen LogP contribution in [0.1, 0.15) is 15.9 Å². The summed E-state index contributed by atoms with van der Waals surface area (Å²) >= 11 is 0. The number of carbonyl (C=O) groups is 1. The van der Waals surface area contributed by atoms with Crippen molar-refractivity contribution in [2.45, 2.75) is 6.61 Å². The fourth-order valence-electron chi connectivity index (χ4n) is 3.07. The molecule has 0 fully saturated rings. The number of nitrogens with zero attached hydrogens (tertiary/aromatic N) is 1. The van der Waals surface area contributed by atoms with Crippen LogP contribution in [-0.2, 0) is 6.61 Å². The molecular formula is C22H17FN2O6. The number of nitrogens with one attached hydrogen (secondary N) is 1. The van der Waals surface area contributed by atoms with E-state index in [0.717, 1.165) is 5.56 Å². The Bertz CT molecular complexity index is 1150. The zero-order valence-corrected chi connectivity index (χ0v) is 16.2. The summed E-state index contributed by atoms with van der Waals surface area (Å²) in [5, 5.41) is 14.1. The Balaban J connectivity index is 1.51. The average molecular weight is 424 g/mol. The highest BCUT2D eigenvalue weighted by molar-refractivity contribution is 6.07. The van der Waals surface area contributed by atoms with E-state index in [9.17, 15) is 19.3 Å². The van der Waals surface area contributed by atoms with Gasteiger partial charge in [0.1, 0.15) is 37.0 Å². The van der Waals surface area contributed by atoms with Gasteiger partial charge in [0.05, 0.1) is 11.0 Å². The highest BCUT2D eigenvalue weighted by Gasteiger charge is 2.26. The molecule has 31 heavy (non-hydrogen) atoms. The molecule has 0 radical (unpaired) electrons. The van der Waals surface area contributed by atoms with Crippen molar-refractivity contribution in [3.8, 4) is 17.2 Å². The molecule has 1 aliphatic rings. The average Bonchev–Trinajstić information content (AvgIpc) is 2.77. The van der Waals surface area contributed by atoms with Crippen molar-refractivity contribution in [1.29, 1.82) is 0 Å². The minimum absolute atomic E-state index is 0.143. The molecule has 0 saturated carbocycles. The highest BCUT2D eigenvalue weighted by atomic mass is 19.1. The van der Waals surface area contributed by atoms with Gasteiger partial charge in [-0.2, -0.15) is 0 Å². The van der Waals surface area contributed by atoms with Crippen LogP contribution in [0.2, 0.25) is 0 Å². The normalized spacial score (nSPS) is 12.2. The van der Waals surface area contributed by atoms with Crippen LogP contribution >= 0.6 is 0 Å². The van der Waals surface area contributed by atoms with Gasteiger partial charge in [-0.15, -0.1) is 0 Å². The fourth-order valence-corrected chi connectivity index (χ4v) is 3.07. The molecule has 4 rings (SSSR count). The second-order valence-electron chi connectivity index (χ2n) is 6.67. The van der Waals surface area contributed by atoms with Gasteiger partial charge in [-0.05, 0) is 29.8 Å². The predicted octanol–water partition coefficient (Wildman–Crippen LogP) is 4.34. The van der Waals surface area contributed by atoms with Gasteiger partial charge in [0.15, 0.2) is 11.5 Å². The number of nitro groups is 1. The number of fused-ring (bicyclic) bond motifs is 1. The summed E-state index contributed by atoms with van der Waals surface area (Å²) in [6, 6.07) is 15.1. The maximum Gasteiger partial charge on any atom is 0.286 e. The van der Waals surface area contributed by atoms with Gasteiger partial charge in [0.2, 0.25) is 0 Å². The van der Waals surface area contributed by atoms with Gasteiger partial charge in [-0.3, -0.25) is 14.9 Å². The van der Waals surface area contributed by atoms with Crippen LogP contribution in [0, 0.1) is 15.9 Å². The first kappa shape index (κ1) is 20.1. The van der Waals surface area contributed by atoms with Crippen molar-refractivity contribution in [3.05, 3.63) is 87.7 Å². The summed E-state index contributed by atoms with van der Waals surface area (Å²) < 4.78 is 29.6. The molecule has 158 valence electrons. The number of nitro benzene ring substituents is 1. The Morgan fingerprint density at radius 2 is 1.81 bits per heavy atom. The van der Waals surface area contributed by atoms with E-state index in [1.165, 1.54) is 24.3 Å². The SMILES string of the molecule is O=C(Nc1cccc(COc2cccc(F)c2)c1)c1cc2c(cc1[N+](=O)[O-])OCCO2. The Kier molecular flexibility index (Phi) is 5.65. The number of benzene rings is 3. The smallest absolute Gasteiger partial charge is 0.286 e. The lowest BCUT2D eigenvalue weighted by atomic mass is 10.1. The molecule has 8 nitrogen and oxygen atoms in total. The largest absolute Gasteiger partial charge is 0.489 e. The first-order valence-electron chi connectivity index (χ1n) is 9.36. The fraction of sp³-hybridized carbons (Fsp3) is 0.136. The third-order valence-electron chi connectivity index (χ3n) is 4.49. The minimum atomic E-state index is -0.660. The zero-order chi connectivity index (χ0) is 21.8. The van der Waals surface area contributed by atoms with Crippen molar-refractivity contribution >= 4 is 17.3 Å². The Hall–Kier alpha value is -4.14. The van der Waals surface area contributed by atoms with Crippen molar-refractivity contribution in [2.24, 2.45) is 0 Å². The summed E-state index contributed by atoms with van der Waals surface area (Å²) in [4.78, 5) is 23.6. The van der Waals surface area contributed by atoms with Crippen LogP contribution in [0.15, 0.2) is 60.7 Å². The van der Waals surface area contributed by atoms with Gasteiger partial charge in [-0.25, -0.2) is 4.39 Å². The van der Waals surface area contributed by atoms with E-state index < -0.39 is 16.6 Å². The number of amides is 1. The molecule has 1 amide bonds. The molecule has 0 bridgehead atoms. The maximum atomic E-state index is 13.3. The summed E-state index contributed by atoms with van der Waals surface area (Å²) in [5.74, 6) is -0.182. The molecule has 9 heteroatoms. The van der Waals surface area contributed by atoms with Crippen LogP contribution in [0.25, 0.3) is 0 Å². The monoisotopic (exact) mass is 424 g/mol. The lowest BCUT2D eigenvalue weighted by molar-refractivity contribution is -0.385. The number of hydrogen-bond acceptors (Lipinski definition) is 6. The maximum absolute atomic E-state index is 13.3. The number of rotatable bonds is 6. The van der Waals surface area contributed by atoms with Gasteiger partial charge >= 0.3 is 0 Å². The topological polar surface area (TPSA) is 99.9 Å². The summed E-state index contributed by atoms with van der Waals surface area (Å²) in [5.41, 5.74) is 0.622. The molecule has 0 aromatic heterocycles. The van der Waals surface area contributed by atoms with Crippen LogP contribution in [0.4, 0.5) is 15.8 Å². The molecule has 1 heterocycles. The van der Waals surface area contributed by atoms with E-state index >= 15 is 0 Å². The highest BCUT2D eigenvalue weighted by Crippen LogP contribution is 2.36. The third-order valence-corrected chi connectivity index (χ3v) is 4.49. The van der Waals surface area contributed by atoms with Gasteiger partial charge in [0, 0.05) is 17.8 Å². The molecule has 1 N–H and O–H groups in total. The number of anilines is 1. The molecule has 0 aliphatic carbocycles. The van der Waals surface area contributed by atoms with Crippen LogP contribution in [-0.4, -0.2) is 24.0 Å². The van der Waals surface area contributed by atoms with E-state index in [1.807, 2.05) is 0 Å². The predicted molar refractivity (Wildman–Crippen MR) is 109 cm³/mol. The van der Waals surface area contributed by atoms with Gasteiger partial charge < -0.3 is 19.5 Å². The second kappa shape index (κ2) is 8.70. The van der Waals surface area contributed by atoms with Crippen molar-refractivity contribution in [3.63, 3.8) is 0 Å². The molecule has 0 spiro atoms. The molecule has 0 atom stereocenters. The van der Waals surface area contributed by atoms with Gasteiger partial charge in [0.25, 0.3) is 11.6 Å². The van der Waals surface area contributed by atoms with Crippen molar-refractivity contribution in [1.82, 2.24) is 0 Å². The van der Waals surface area contributed by atoms with E-state index in [-0.39, 0.29) is 36.0 Å². The minimum Gasteiger partial charge on any atom is -0.489 e. The molecule has 3 aromatic rings. The zero-order valence-electron chi connectivity index (χ0n) is 16.2. The summed E-state index contributed by atoms with van der Waals surface area (Å²) in [7, 11) is 0. The second-order valence-corrected chi connectivity index (χ2v) is 6.67. The van der Waals surface area contributed by atoms with E-state index in [1.54, 1.807) is 36.4 Å². The van der Waals surface area contributed by atoms with E-state index in [4.69, 9.17) is 14.2 Å². The number of carbonyl (C=O) groups excluding carboxylic acids is 1. The standard InChI is InChI=1S/C22H17FN2O6/c23-15-4-2-6-17(10-15)31-13-14-3-1-5-16(9-14)24-22(26)18-11-20-21(30-8-7-29-20)12-19(18)25(27)28/h1-6,9-12H,7-8,13H2,(H,24,26). The molecular weight excluding hydrogens is 407 g/mol. The molecule has 0 saturated heterocycles. The number of ether oxygens (including phenoxy) is 3. The van der Waals surface area contributed by atoms with Crippen molar-refractivity contribution in [2.75, 3.05) is 18.5 Å². The van der Waals surface area contributed by atoms with E-state index in [0.29, 0.717) is 18.0 Å². The Morgan fingerprint density at radius 1 is 1.06 bits per heavy atom. The third kappa shape index (κ3) is 4.72. The summed E-state index contributed by atoms with van der Waals surface area (Å²) in [6.07, 6.45) is 0. The van der Waals surface area contributed by atoms with Crippen LogP contribution in [0.5, 0.6) is 17.2 Å². The van der Waals surface area contributed by atoms with Gasteiger partial charge in [-0.1, -0.05) is 18.2 Å². The summed E-state index contributed by atoms with van der Waals surface area (Å²) in [6.45, 7) is 0.719. The molecule has 1 aliphatic heterocycles. The molecule has 3 aromatic carbocycles. The molecule has 0 unspecified atom stereocenters. The first-order valence-corrected chi connectivity index (χ1v) is 9.36. The number of hydrogen-bond donors (Lipinski definition) is 1. The van der Waals surface area contributed by atoms with Crippen LogP contribution in [0.3, 0.4) is 0 Å². The Labute approximate surface area is 176 Å². The lowest BCUT2D eigenvalue weighted by Gasteiger charge is -2.19. The quantitative estimate of drug-likeness (QED) is 0.467. The van der Waals surface area contributed by atoms with Crippen LogP contribution < -0.4 is 19.5 Å². The number of halogens is 1.